The summed E-state index contributed by atoms with van der Waals surface area (Å²) in [5.74, 6) is 1.30. The van der Waals surface area contributed by atoms with Crippen LogP contribution >= 0.6 is 0 Å². The number of anilines is 3. The third-order valence-corrected chi connectivity index (χ3v) is 4.52. The van der Waals surface area contributed by atoms with Gasteiger partial charge in [-0.3, -0.25) is 0 Å². The number of nitrogens with zero attached hydrogens (tertiary/aromatic N) is 2. The van der Waals surface area contributed by atoms with E-state index in [0.29, 0.717) is 29.6 Å². The molecule has 0 spiro atoms. The third-order valence-electron chi connectivity index (χ3n) is 4.52. The van der Waals surface area contributed by atoms with Crippen LogP contribution in [0.15, 0.2) is 54.6 Å². The average Bonchev–Trinajstić information content (AvgIpc) is 2.74. The summed E-state index contributed by atoms with van der Waals surface area (Å²) in [6.45, 7) is 6.50. The van der Waals surface area contributed by atoms with E-state index in [0.717, 1.165) is 17.9 Å². The van der Waals surface area contributed by atoms with Crippen LogP contribution in [0.1, 0.15) is 27.2 Å². The normalized spacial score (nSPS) is 12.2. The van der Waals surface area contributed by atoms with E-state index in [2.05, 4.69) is 25.3 Å². The molecule has 0 aliphatic rings. The number of alkyl halides is 3. The maximum absolute atomic E-state index is 12.6. The highest BCUT2D eigenvalue weighted by Gasteiger charge is 2.31. The fraction of sp³-hybridized carbons (Fsp3) is 0.304. The second-order valence-corrected chi connectivity index (χ2v) is 7.07. The second kappa shape index (κ2) is 10.2. The summed E-state index contributed by atoms with van der Waals surface area (Å²) in [4.78, 5) is 9.00. The minimum Gasteiger partial charge on any atom is -0.494 e. The SMILES string of the molecule is CCOc1ccc(Nc2cc(-c3cccc(OC(F)(F)F)c3)nc(N[C@H](C)CC)n2)cc1. The quantitative estimate of drug-likeness (QED) is 0.397. The van der Waals surface area contributed by atoms with Gasteiger partial charge in [0.1, 0.15) is 17.3 Å². The first-order valence-electron chi connectivity index (χ1n) is 10.3. The molecule has 9 heteroatoms. The number of rotatable bonds is 9. The first-order chi connectivity index (χ1) is 15.3. The van der Waals surface area contributed by atoms with Gasteiger partial charge in [0, 0.05) is 23.4 Å². The van der Waals surface area contributed by atoms with E-state index in [1.54, 1.807) is 12.1 Å². The van der Waals surface area contributed by atoms with Gasteiger partial charge in [0.05, 0.1) is 12.3 Å². The molecule has 0 radical (unpaired) electrons. The van der Waals surface area contributed by atoms with Gasteiger partial charge in [0.15, 0.2) is 0 Å². The lowest BCUT2D eigenvalue weighted by molar-refractivity contribution is -0.274. The molecule has 0 saturated carbocycles. The minimum absolute atomic E-state index is 0.114. The van der Waals surface area contributed by atoms with E-state index in [9.17, 15) is 13.2 Å². The highest BCUT2D eigenvalue weighted by atomic mass is 19.4. The lowest BCUT2D eigenvalue weighted by Crippen LogP contribution is -2.17. The highest BCUT2D eigenvalue weighted by molar-refractivity contribution is 5.68. The fourth-order valence-electron chi connectivity index (χ4n) is 2.85. The van der Waals surface area contributed by atoms with Crippen LogP contribution in [0.25, 0.3) is 11.3 Å². The Morgan fingerprint density at radius 1 is 0.969 bits per heavy atom. The van der Waals surface area contributed by atoms with Gasteiger partial charge in [-0.25, -0.2) is 4.98 Å². The standard InChI is InChI=1S/C23H25F3N4O2/c1-4-15(3)27-22-29-20(16-7-6-8-19(13-16)32-23(24,25)26)14-21(30-22)28-17-9-11-18(12-10-17)31-5-2/h6-15H,4-5H2,1-3H3,(H2,27,28,29,30)/t15-/m1/s1. The number of benzene rings is 2. The van der Waals surface area contributed by atoms with Crippen LogP contribution in [0.4, 0.5) is 30.6 Å². The number of halogens is 3. The predicted molar refractivity (Wildman–Crippen MR) is 118 cm³/mol. The van der Waals surface area contributed by atoms with E-state index < -0.39 is 6.36 Å². The second-order valence-electron chi connectivity index (χ2n) is 7.07. The molecule has 0 unspecified atom stereocenters. The number of hydrogen-bond donors (Lipinski definition) is 2. The lowest BCUT2D eigenvalue weighted by Gasteiger charge is -2.15. The number of ether oxygens (including phenoxy) is 2. The van der Waals surface area contributed by atoms with Gasteiger partial charge in [-0.1, -0.05) is 19.1 Å². The topological polar surface area (TPSA) is 68.3 Å². The van der Waals surface area contributed by atoms with Crippen LogP contribution in [-0.2, 0) is 0 Å². The Bertz CT molecular complexity index is 1030. The first-order valence-corrected chi connectivity index (χ1v) is 10.3. The van der Waals surface area contributed by atoms with Gasteiger partial charge in [-0.2, -0.15) is 4.98 Å². The summed E-state index contributed by atoms with van der Waals surface area (Å²) in [7, 11) is 0. The van der Waals surface area contributed by atoms with Crippen LogP contribution in [0, 0.1) is 0 Å². The molecule has 0 aliphatic carbocycles. The average molecular weight is 446 g/mol. The van der Waals surface area contributed by atoms with E-state index in [1.807, 2.05) is 45.0 Å². The number of aromatic nitrogens is 2. The van der Waals surface area contributed by atoms with Crippen molar-refractivity contribution in [1.82, 2.24) is 9.97 Å². The van der Waals surface area contributed by atoms with Crippen molar-refractivity contribution in [2.45, 2.75) is 39.6 Å². The molecule has 1 aromatic heterocycles. The molecule has 0 saturated heterocycles. The predicted octanol–water partition coefficient (Wildman–Crippen LogP) is 6.39. The Morgan fingerprint density at radius 2 is 1.72 bits per heavy atom. The van der Waals surface area contributed by atoms with Crippen LogP contribution in [0.5, 0.6) is 11.5 Å². The monoisotopic (exact) mass is 446 g/mol. The molecule has 6 nitrogen and oxygen atoms in total. The summed E-state index contributed by atoms with van der Waals surface area (Å²) in [6, 6.07) is 14.9. The molecular weight excluding hydrogens is 421 g/mol. The number of hydrogen-bond acceptors (Lipinski definition) is 6. The smallest absolute Gasteiger partial charge is 0.494 e. The van der Waals surface area contributed by atoms with Crippen LogP contribution < -0.4 is 20.1 Å². The maximum Gasteiger partial charge on any atom is 0.573 e. The van der Waals surface area contributed by atoms with E-state index in [-0.39, 0.29) is 11.8 Å². The van der Waals surface area contributed by atoms with Crippen molar-refractivity contribution in [3.8, 4) is 22.8 Å². The number of nitrogens with one attached hydrogen (secondary N) is 2. The zero-order valence-corrected chi connectivity index (χ0v) is 18.0. The van der Waals surface area contributed by atoms with E-state index in [4.69, 9.17) is 4.74 Å². The summed E-state index contributed by atoms with van der Waals surface area (Å²) in [6.07, 6.45) is -3.92. The van der Waals surface area contributed by atoms with Crippen molar-refractivity contribution >= 4 is 17.5 Å². The molecule has 3 aromatic rings. The molecular formula is C23H25F3N4O2. The van der Waals surface area contributed by atoms with Crippen molar-refractivity contribution in [3.63, 3.8) is 0 Å². The van der Waals surface area contributed by atoms with Crippen LogP contribution in [0.3, 0.4) is 0 Å². The third kappa shape index (κ3) is 6.76. The van der Waals surface area contributed by atoms with Gasteiger partial charge in [0.25, 0.3) is 0 Å². The van der Waals surface area contributed by atoms with Gasteiger partial charge < -0.3 is 20.1 Å². The fourth-order valence-corrected chi connectivity index (χ4v) is 2.85. The molecule has 0 bridgehead atoms. The molecule has 32 heavy (non-hydrogen) atoms. The summed E-state index contributed by atoms with van der Waals surface area (Å²) in [5, 5.41) is 6.42. The zero-order valence-electron chi connectivity index (χ0n) is 18.0. The molecule has 0 fully saturated rings. The van der Waals surface area contributed by atoms with Gasteiger partial charge in [-0.05, 0) is 56.7 Å². The molecule has 1 heterocycles. The molecule has 170 valence electrons. The van der Waals surface area contributed by atoms with Crippen molar-refractivity contribution < 1.29 is 22.6 Å². The largest absolute Gasteiger partial charge is 0.573 e. The summed E-state index contributed by atoms with van der Waals surface area (Å²) >= 11 is 0. The van der Waals surface area contributed by atoms with Crippen molar-refractivity contribution in [2.24, 2.45) is 0 Å². The Morgan fingerprint density at radius 3 is 2.38 bits per heavy atom. The maximum atomic E-state index is 12.6. The first kappa shape index (κ1) is 23.2. The van der Waals surface area contributed by atoms with Crippen LogP contribution in [-0.4, -0.2) is 29.0 Å². The lowest BCUT2D eigenvalue weighted by atomic mass is 10.1. The van der Waals surface area contributed by atoms with Gasteiger partial charge >= 0.3 is 6.36 Å². The van der Waals surface area contributed by atoms with Crippen molar-refractivity contribution in [2.75, 3.05) is 17.2 Å². The Kier molecular flexibility index (Phi) is 7.40. The summed E-state index contributed by atoms with van der Waals surface area (Å²) in [5.41, 5.74) is 1.70. The zero-order chi connectivity index (χ0) is 23.1. The Labute approximate surface area is 184 Å². The Balaban J connectivity index is 1.93. The van der Waals surface area contributed by atoms with Gasteiger partial charge in [-0.15, -0.1) is 13.2 Å². The van der Waals surface area contributed by atoms with Crippen molar-refractivity contribution in [1.29, 1.82) is 0 Å². The molecule has 2 N–H and O–H groups in total. The molecule has 2 aromatic carbocycles. The van der Waals surface area contributed by atoms with E-state index in [1.165, 1.54) is 18.2 Å². The van der Waals surface area contributed by atoms with Crippen LogP contribution in [0.2, 0.25) is 0 Å². The Hall–Kier alpha value is -3.49. The van der Waals surface area contributed by atoms with E-state index >= 15 is 0 Å². The van der Waals surface area contributed by atoms with Gasteiger partial charge in [0.2, 0.25) is 5.95 Å². The highest BCUT2D eigenvalue weighted by Crippen LogP contribution is 2.29. The molecule has 0 aliphatic heterocycles. The molecule has 0 amide bonds. The summed E-state index contributed by atoms with van der Waals surface area (Å²) < 4.78 is 47.4. The molecule has 1 atom stereocenters. The minimum atomic E-state index is -4.77. The van der Waals surface area contributed by atoms with Crippen molar-refractivity contribution in [3.05, 3.63) is 54.6 Å². The molecule has 3 rings (SSSR count).